The molecule has 7 heteroatoms. The normalized spacial score (nSPS) is 19.5. The van der Waals surface area contributed by atoms with Crippen LogP contribution >= 0.6 is 0 Å². The Labute approximate surface area is 180 Å². The quantitative estimate of drug-likeness (QED) is 0.555. The molecule has 1 aliphatic carbocycles. The van der Waals surface area contributed by atoms with Crippen molar-refractivity contribution in [2.75, 3.05) is 0 Å². The third kappa shape index (κ3) is 3.02. The zero-order valence-corrected chi connectivity index (χ0v) is 18.2. The van der Waals surface area contributed by atoms with Gasteiger partial charge in [0, 0.05) is 0 Å². The molecule has 3 aromatic rings. The molecule has 30 heavy (non-hydrogen) atoms. The van der Waals surface area contributed by atoms with E-state index in [9.17, 15) is 9.59 Å². The van der Waals surface area contributed by atoms with Crippen LogP contribution in [0.5, 0.6) is 0 Å². The van der Waals surface area contributed by atoms with Gasteiger partial charge in [-0.25, -0.2) is 0 Å². The van der Waals surface area contributed by atoms with Crippen LogP contribution in [-0.2, 0) is 10.1 Å². The molecule has 1 atom stereocenters. The fourth-order valence-corrected chi connectivity index (χ4v) is 5.69. The van der Waals surface area contributed by atoms with Crippen molar-refractivity contribution in [1.82, 2.24) is 15.0 Å². The molecule has 0 bridgehead atoms. The van der Waals surface area contributed by atoms with E-state index in [0.717, 1.165) is 11.0 Å². The average molecular weight is 464 g/mol. The first-order valence-electron chi connectivity index (χ1n) is 9.66. The molecule has 0 saturated heterocycles. The van der Waals surface area contributed by atoms with Gasteiger partial charge in [0.2, 0.25) is 0 Å². The van der Waals surface area contributed by atoms with Gasteiger partial charge in [-0.15, -0.1) is 0 Å². The van der Waals surface area contributed by atoms with Crippen LogP contribution in [0.1, 0.15) is 46.3 Å². The summed E-state index contributed by atoms with van der Waals surface area (Å²) in [6, 6.07) is 16.7. The Balaban J connectivity index is 1.48. The number of carbonyl (C=O) groups excluding carboxylic acids is 2. The first-order chi connectivity index (χ1) is 14.5. The van der Waals surface area contributed by atoms with E-state index >= 15 is 0 Å². The molecule has 6 nitrogen and oxygen atoms in total. The second kappa shape index (κ2) is 7.04. The molecule has 150 valence electrons. The second-order valence-electron chi connectivity index (χ2n) is 7.85. The van der Waals surface area contributed by atoms with Crippen LogP contribution in [0.3, 0.4) is 0 Å². The monoisotopic (exact) mass is 465 g/mol. The van der Waals surface area contributed by atoms with Gasteiger partial charge in [-0.1, -0.05) is 0 Å². The maximum atomic E-state index is 13.3. The molecule has 0 amide bonds. The van der Waals surface area contributed by atoms with Crippen molar-refractivity contribution in [2.45, 2.75) is 30.8 Å². The zero-order chi connectivity index (χ0) is 20.9. The Morgan fingerprint density at radius 1 is 1.00 bits per heavy atom. The number of fused-ring (bicyclic) bond motifs is 1. The molecule has 0 saturated carbocycles. The second-order valence-corrected chi connectivity index (χ2v) is 10.0. The molecule has 1 aliphatic heterocycles. The number of nitrogens with zero attached hydrogens (tertiary/aromatic N) is 3. The molecule has 5 rings (SSSR count). The van der Waals surface area contributed by atoms with E-state index in [1.807, 2.05) is 38.2 Å². The summed E-state index contributed by atoms with van der Waals surface area (Å²) in [7, 11) is 0. The van der Waals surface area contributed by atoms with Crippen molar-refractivity contribution >= 4 is 31.0 Å². The summed E-state index contributed by atoms with van der Waals surface area (Å²) in [6.45, 7) is 3.74. The molecule has 0 N–H and O–H groups in total. The number of allylic oxidation sites excluding steroid dienone is 1. The van der Waals surface area contributed by atoms with Crippen molar-refractivity contribution in [2.24, 2.45) is 0 Å². The third-order valence-electron chi connectivity index (χ3n) is 5.36. The fourth-order valence-electron chi connectivity index (χ4n) is 4.02. The number of ketones is 2. The van der Waals surface area contributed by atoms with Gasteiger partial charge in [0.05, 0.1) is 0 Å². The summed E-state index contributed by atoms with van der Waals surface area (Å²) >= 11 is 0.240. The Morgan fingerprint density at radius 3 is 2.40 bits per heavy atom. The number of rotatable bonds is 4. The van der Waals surface area contributed by atoms with E-state index in [4.69, 9.17) is 4.74 Å². The van der Waals surface area contributed by atoms with E-state index in [1.165, 1.54) is 4.46 Å². The van der Waals surface area contributed by atoms with Crippen molar-refractivity contribution in [3.05, 3.63) is 88.9 Å². The zero-order valence-electron chi connectivity index (χ0n) is 16.5. The summed E-state index contributed by atoms with van der Waals surface area (Å²) in [5.74, 6) is -0.288. The van der Waals surface area contributed by atoms with Crippen molar-refractivity contribution < 1.29 is 14.3 Å². The predicted octanol–water partition coefficient (Wildman–Crippen LogP) is 2.49. The minimum absolute atomic E-state index is 0.138. The summed E-state index contributed by atoms with van der Waals surface area (Å²) in [6.07, 6.45) is 1.87. The number of aromatic nitrogens is 3. The van der Waals surface area contributed by atoms with E-state index in [2.05, 4.69) is 22.4 Å². The van der Waals surface area contributed by atoms with Gasteiger partial charge >= 0.3 is 180 Å². The molecule has 0 radical (unpaired) electrons. The standard InChI is InChI=1S/C23H19N3O3Se/c1-23(2)22(26-12-14(24-25-26)13-30-15-8-4-3-5-9-15)18-19(27)16-10-6-7-11-17(16)20(28)21(18)29-23/h3-12,22H,13H2,1-2H3. The van der Waals surface area contributed by atoms with Crippen molar-refractivity contribution in [3.63, 3.8) is 0 Å². The van der Waals surface area contributed by atoms with Crippen molar-refractivity contribution in [3.8, 4) is 0 Å². The van der Waals surface area contributed by atoms with Crippen LogP contribution in [0.4, 0.5) is 0 Å². The number of carbonyl (C=O) groups is 2. The Bertz CT molecular complexity index is 1200. The topological polar surface area (TPSA) is 74.1 Å². The summed E-state index contributed by atoms with van der Waals surface area (Å²) in [5.41, 5.74) is 1.24. The number of hydrogen-bond acceptors (Lipinski definition) is 5. The van der Waals surface area contributed by atoms with Crippen LogP contribution in [0.15, 0.2) is 72.1 Å². The van der Waals surface area contributed by atoms with E-state index in [0.29, 0.717) is 16.7 Å². The van der Waals surface area contributed by atoms with E-state index in [1.54, 1.807) is 28.9 Å². The molecule has 2 aliphatic rings. The van der Waals surface area contributed by atoms with Crippen LogP contribution < -0.4 is 4.46 Å². The Hall–Kier alpha value is -3.02. The van der Waals surface area contributed by atoms with Gasteiger partial charge in [-0.2, -0.15) is 0 Å². The SMILES string of the molecule is CC1(C)OC2=C(C(=O)c3ccccc3C2=O)C1n1cc(C[Se]c2ccccc2)nn1. The van der Waals surface area contributed by atoms with Gasteiger partial charge < -0.3 is 0 Å². The molecule has 0 spiro atoms. The van der Waals surface area contributed by atoms with Gasteiger partial charge in [0.1, 0.15) is 0 Å². The van der Waals surface area contributed by atoms with E-state index in [-0.39, 0.29) is 32.3 Å². The summed E-state index contributed by atoms with van der Waals surface area (Å²) < 4.78 is 8.99. The first-order valence-corrected chi connectivity index (χ1v) is 11.7. The third-order valence-corrected chi connectivity index (χ3v) is 7.55. The fraction of sp³-hybridized carbons (Fsp3) is 0.217. The summed E-state index contributed by atoms with van der Waals surface area (Å²) in [5, 5.41) is 9.43. The Kier molecular flexibility index (Phi) is 4.45. The maximum absolute atomic E-state index is 13.3. The van der Waals surface area contributed by atoms with Gasteiger partial charge in [-0.3, -0.25) is 0 Å². The van der Waals surface area contributed by atoms with Crippen molar-refractivity contribution in [1.29, 1.82) is 0 Å². The molecule has 1 aromatic heterocycles. The van der Waals surface area contributed by atoms with Crippen LogP contribution in [0.25, 0.3) is 0 Å². The number of benzene rings is 2. The van der Waals surface area contributed by atoms with Crippen LogP contribution in [0.2, 0.25) is 0 Å². The molecular weight excluding hydrogens is 445 g/mol. The predicted molar refractivity (Wildman–Crippen MR) is 112 cm³/mol. The Morgan fingerprint density at radius 2 is 1.67 bits per heavy atom. The number of hydrogen-bond donors (Lipinski definition) is 0. The summed E-state index contributed by atoms with van der Waals surface area (Å²) in [4.78, 5) is 26.3. The van der Waals surface area contributed by atoms with Crippen LogP contribution in [-0.4, -0.2) is 47.1 Å². The number of ether oxygens (including phenoxy) is 1. The first kappa shape index (κ1) is 19.0. The molecule has 1 unspecified atom stereocenters. The van der Waals surface area contributed by atoms with Gasteiger partial charge in [0.15, 0.2) is 0 Å². The van der Waals surface area contributed by atoms with Gasteiger partial charge in [0.25, 0.3) is 0 Å². The molecule has 0 fully saturated rings. The molecule has 2 aromatic carbocycles. The van der Waals surface area contributed by atoms with E-state index < -0.39 is 11.6 Å². The van der Waals surface area contributed by atoms with Crippen LogP contribution in [0, 0.1) is 0 Å². The molecular formula is C23H19N3O3Se. The molecule has 2 heterocycles. The number of Topliss-reactive ketones (excluding diaryl/α,β-unsaturated/α-hetero) is 2. The van der Waals surface area contributed by atoms with Gasteiger partial charge in [-0.05, 0) is 0 Å². The average Bonchev–Trinajstić information content (AvgIpc) is 3.32. The minimum atomic E-state index is -0.798.